The van der Waals surface area contributed by atoms with Crippen molar-refractivity contribution >= 4 is 34.8 Å². The lowest BCUT2D eigenvalue weighted by atomic mass is 9.82. The van der Waals surface area contributed by atoms with E-state index in [4.69, 9.17) is 11.6 Å². The molecular weight excluding hydrogens is 492 g/mol. The zero-order valence-electron chi connectivity index (χ0n) is 19.7. The van der Waals surface area contributed by atoms with Crippen LogP contribution in [0.1, 0.15) is 52.8 Å². The van der Waals surface area contributed by atoms with Gasteiger partial charge in [0.2, 0.25) is 0 Å². The Hall–Kier alpha value is -3.29. The first-order chi connectivity index (χ1) is 17.6. The average molecular weight is 519 g/mol. The summed E-state index contributed by atoms with van der Waals surface area (Å²) >= 11 is 7.59. The average Bonchev–Trinajstić information content (AvgIpc) is 3.61. The van der Waals surface area contributed by atoms with Crippen molar-refractivity contribution in [2.75, 3.05) is 11.9 Å². The van der Waals surface area contributed by atoms with E-state index in [1.54, 1.807) is 16.2 Å². The molecule has 6 nitrogen and oxygen atoms in total. The van der Waals surface area contributed by atoms with Crippen LogP contribution in [0.15, 0.2) is 66.7 Å². The van der Waals surface area contributed by atoms with E-state index in [1.807, 2.05) is 12.1 Å². The minimum atomic E-state index is -0.834. The number of H-pyrrole nitrogens is 1. The van der Waals surface area contributed by atoms with Gasteiger partial charge in [0, 0.05) is 41.1 Å². The molecule has 2 aromatic heterocycles. The van der Waals surface area contributed by atoms with Crippen LogP contribution in [0.3, 0.4) is 0 Å². The Balaban J connectivity index is 1.21. The predicted octanol–water partition coefficient (Wildman–Crippen LogP) is 7.17. The monoisotopic (exact) mass is 518 g/mol. The molecule has 4 aromatic rings. The zero-order chi connectivity index (χ0) is 24.6. The van der Waals surface area contributed by atoms with Crippen LogP contribution in [0.4, 0.5) is 10.6 Å². The molecule has 3 N–H and O–H groups in total. The van der Waals surface area contributed by atoms with Crippen LogP contribution in [0.5, 0.6) is 0 Å². The van der Waals surface area contributed by atoms with E-state index < -0.39 is 6.09 Å². The summed E-state index contributed by atoms with van der Waals surface area (Å²) in [5.74, 6) is 1.22. The molecule has 2 aliphatic rings. The molecule has 3 heterocycles. The summed E-state index contributed by atoms with van der Waals surface area (Å²) in [6.45, 7) is 1.19. The standard InChI is InChI=1S/C28H27ClN4O2S/c29-26-10-9-19(36-26)16-30-27-15-25(31-32-27)17-11-12-33(28(34)35)18(13-17)14-24-22-7-3-1-5-20(22)21-6-2-4-8-23(21)24/h1-10,15,17-18,24H,11-14,16H2,(H,34,35)(H2,30,31,32). The third-order valence-corrected chi connectivity index (χ3v) is 8.77. The van der Waals surface area contributed by atoms with Gasteiger partial charge in [0.25, 0.3) is 0 Å². The fraction of sp³-hybridized carbons (Fsp3) is 0.286. The molecule has 2 unspecified atom stereocenters. The summed E-state index contributed by atoms with van der Waals surface area (Å²) in [6, 6.07) is 23.0. The predicted molar refractivity (Wildman–Crippen MR) is 144 cm³/mol. The van der Waals surface area contributed by atoms with E-state index in [2.05, 4.69) is 70.1 Å². The number of halogens is 1. The van der Waals surface area contributed by atoms with Crippen molar-refractivity contribution in [1.82, 2.24) is 15.1 Å². The van der Waals surface area contributed by atoms with Gasteiger partial charge in [-0.15, -0.1) is 11.3 Å². The number of piperidine rings is 1. The second-order valence-corrected chi connectivity index (χ2v) is 11.4. The van der Waals surface area contributed by atoms with Gasteiger partial charge < -0.3 is 15.3 Å². The number of anilines is 1. The topological polar surface area (TPSA) is 81.2 Å². The molecule has 1 saturated heterocycles. The van der Waals surface area contributed by atoms with Gasteiger partial charge in [-0.1, -0.05) is 60.1 Å². The Labute approximate surface area is 218 Å². The van der Waals surface area contributed by atoms with Gasteiger partial charge in [0.1, 0.15) is 5.82 Å². The molecule has 6 rings (SSSR count). The maximum atomic E-state index is 12.2. The molecule has 8 heteroatoms. The number of benzene rings is 2. The lowest BCUT2D eigenvalue weighted by Crippen LogP contribution is -2.45. The van der Waals surface area contributed by atoms with Crippen LogP contribution in [-0.4, -0.2) is 38.9 Å². The van der Waals surface area contributed by atoms with E-state index in [-0.39, 0.29) is 17.9 Å². The van der Waals surface area contributed by atoms with Gasteiger partial charge in [-0.25, -0.2) is 4.79 Å². The molecule has 0 radical (unpaired) electrons. The fourth-order valence-electron chi connectivity index (χ4n) is 5.86. The van der Waals surface area contributed by atoms with E-state index in [1.165, 1.54) is 22.3 Å². The van der Waals surface area contributed by atoms with Gasteiger partial charge in [-0.2, -0.15) is 5.10 Å². The SMILES string of the molecule is O=C(O)N1CCC(c2cc(NCc3ccc(Cl)s3)n[nH]2)CC1CC1c2ccccc2-c2ccccc21. The third-order valence-electron chi connectivity index (χ3n) is 7.54. The number of hydrogen-bond donors (Lipinski definition) is 3. The smallest absolute Gasteiger partial charge is 0.407 e. The molecule has 0 bridgehead atoms. The first-order valence-electron chi connectivity index (χ1n) is 12.3. The second-order valence-electron chi connectivity index (χ2n) is 9.58. The largest absolute Gasteiger partial charge is 0.465 e. The number of carbonyl (C=O) groups is 1. The lowest BCUT2D eigenvalue weighted by Gasteiger charge is -2.39. The maximum absolute atomic E-state index is 12.2. The first kappa shape index (κ1) is 23.1. The molecule has 0 spiro atoms. The van der Waals surface area contributed by atoms with Crippen LogP contribution >= 0.6 is 22.9 Å². The van der Waals surface area contributed by atoms with Crippen LogP contribution in [0.25, 0.3) is 11.1 Å². The van der Waals surface area contributed by atoms with Crippen LogP contribution in [-0.2, 0) is 6.54 Å². The number of thiophene rings is 1. The van der Waals surface area contributed by atoms with Crippen LogP contribution < -0.4 is 5.32 Å². The molecule has 184 valence electrons. The highest BCUT2D eigenvalue weighted by Crippen LogP contribution is 2.48. The van der Waals surface area contributed by atoms with Gasteiger partial charge in [-0.05, 0) is 53.6 Å². The van der Waals surface area contributed by atoms with E-state index in [0.717, 1.165) is 40.0 Å². The summed E-state index contributed by atoms with van der Waals surface area (Å²) in [6.07, 6.45) is 1.49. The summed E-state index contributed by atoms with van der Waals surface area (Å²) in [5, 5.41) is 21.0. The molecule has 1 amide bonds. The van der Waals surface area contributed by atoms with Gasteiger partial charge in [-0.3, -0.25) is 5.10 Å². The van der Waals surface area contributed by atoms with Crippen molar-refractivity contribution < 1.29 is 9.90 Å². The molecule has 0 saturated carbocycles. The fourth-order valence-corrected chi connectivity index (χ4v) is 6.88. The number of nitrogens with zero attached hydrogens (tertiary/aromatic N) is 2. The normalized spacial score (nSPS) is 19.2. The van der Waals surface area contributed by atoms with E-state index in [9.17, 15) is 9.90 Å². The Kier molecular flexibility index (Phi) is 6.19. The van der Waals surface area contributed by atoms with Crippen molar-refractivity contribution in [1.29, 1.82) is 0 Å². The van der Waals surface area contributed by atoms with E-state index in [0.29, 0.717) is 13.1 Å². The van der Waals surface area contributed by atoms with Gasteiger partial charge >= 0.3 is 6.09 Å². The second kappa shape index (κ2) is 9.64. The lowest BCUT2D eigenvalue weighted by molar-refractivity contribution is 0.0954. The number of aromatic nitrogens is 2. The number of amides is 1. The summed E-state index contributed by atoms with van der Waals surface area (Å²) in [7, 11) is 0. The summed E-state index contributed by atoms with van der Waals surface area (Å²) in [5.41, 5.74) is 6.19. The number of rotatable bonds is 6. The number of carboxylic acid groups (broad SMARTS) is 1. The Morgan fingerprint density at radius 1 is 1.11 bits per heavy atom. The molecule has 1 aliphatic carbocycles. The number of fused-ring (bicyclic) bond motifs is 3. The summed E-state index contributed by atoms with van der Waals surface area (Å²) < 4.78 is 0.776. The summed E-state index contributed by atoms with van der Waals surface area (Å²) in [4.78, 5) is 15.0. The Morgan fingerprint density at radius 3 is 2.50 bits per heavy atom. The van der Waals surface area contributed by atoms with Crippen molar-refractivity contribution in [3.05, 3.63) is 92.8 Å². The molecule has 1 fully saturated rings. The highest BCUT2D eigenvalue weighted by molar-refractivity contribution is 7.16. The van der Waals surface area contributed by atoms with Crippen molar-refractivity contribution in [2.45, 2.75) is 43.7 Å². The van der Waals surface area contributed by atoms with Crippen LogP contribution in [0, 0.1) is 0 Å². The quantitative estimate of drug-likeness (QED) is 0.253. The highest BCUT2D eigenvalue weighted by Gasteiger charge is 2.37. The van der Waals surface area contributed by atoms with Crippen molar-refractivity contribution in [3.8, 4) is 11.1 Å². The minimum absolute atomic E-state index is 0.0709. The first-order valence-corrected chi connectivity index (χ1v) is 13.5. The number of hydrogen-bond acceptors (Lipinski definition) is 4. The third kappa shape index (κ3) is 4.38. The van der Waals surface area contributed by atoms with Crippen molar-refractivity contribution in [3.63, 3.8) is 0 Å². The Bertz CT molecular complexity index is 1350. The van der Waals surface area contributed by atoms with Crippen LogP contribution in [0.2, 0.25) is 4.34 Å². The number of nitrogens with one attached hydrogen (secondary N) is 2. The van der Waals surface area contributed by atoms with Crippen molar-refractivity contribution in [2.24, 2.45) is 0 Å². The minimum Gasteiger partial charge on any atom is -0.465 e. The molecule has 2 atom stereocenters. The molecule has 1 aliphatic heterocycles. The molecule has 36 heavy (non-hydrogen) atoms. The van der Waals surface area contributed by atoms with Gasteiger partial charge in [0.15, 0.2) is 0 Å². The maximum Gasteiger partial charge on any atom is 0.407 e. The number of likely N-dealkylation sites (tertiary alicyclic amines) is 1. The molecular formula is C28H27ClN4O2S. The molecule has 2 aromatic carbocycles. The number of aromatic amines is 1. The highest BCUT2D eigenvalue weighted by atomic mass is 35.5. The zero-order valence-corrected chi connectivity index (χ0v) is 21.2. The van der Waals surface area contributed by atoms with E-state index >= 15 is 0 Å². The Morgan fingerprint density at radius 2 is 1.83 bits per heavy atom. The van der Waals surface area contributed by atoms with Gasteiger partial charge in [0.05, 0.1) is 10.9 Å².